The highest BCUT2D eigenvalue weighted by Gasteiger charge is 2.37. The lowest BCUT2D eigenvalue weighted by molar-refractivity contribution is -0.143. The van der Waals surface area contributed by atoms with Gasteiger partial charge in [-0.2, -0.15) is 26.3 Å². The van der Waals surface area contributed by atoms with Crippen LogP contribution in [0.2, 0.25) is 5.02 Å². The van der Waals surface area contributed by atoms with Gasteiger partial charge in [-0.3, -0.25) is 9.00 Å². The molecule has 1 aliphatic heterocycles. The summed E-state index contributed by atoms with van der Waals surface area (Å²) >= 11 is 6.20. The molecule has 0 spiro atoms. The molecule has 1 aromatic heterocycles. The fourth-order valence-corrected chi connectivity index (χ4v) is 5.38. The van der Waals surface area contributed by atoms with E-state index in [4.69, 9.17) is 11.6 Å². The summed E-state index contributed by atoms with van der Waals surface area (Å²) in [6.45, 7) is 0.0452. The quantitative estimate of drug-likeness (QED) is 0.382. The maximum absolute atomic E-state index is 13.4. The molecule has 1 amide bonds. The summed E-state index contributed by atoms with van der Waals surface area (Å²) in [5.41, 5.74) is -2.73. The van der Waals surface area contributed by atoms with E-state index in [9.17, 15) is 35.3 Å². The highest BCUT2D eigenvalue weighted by molar-refractivity contribution is 7.85. The van der Waals surface area contributed by atoms with Gasteiger partial charge in [-0.1, -0.05) is 35.0 Å². The molecule has 7 nitrogen and oxygen atoms in total. The summed E-state index contributed by atoms with van der Waals surface area (Å²) in [4.78, 5) is 16.4. The van der Waals surface area contributed by atoms with Crippen LogP contribution in [0, 0.1) is 0 Å². The van der Waals surface area contributed by atoms with Crippen LogP contribution in [0.4, 0.5) is 32.2 Å². The number of rotatable bonds is 6. The van der Waals surface area contributed by atoms with Gasteiger partial charge in [-0.05, 0) is 35.4 Å². The minimum atomic E-state index is -5.01. The lowest BCUT2D eigenvalue weighted by atomic mass is 10.0. The Kier molecular flexibility index (Phi) is 8.26. The maximum atomic E-state index is 13.4. The average Bonchev–Trinajstić information content (AvgIpc) is 3.27. The Morgan fingerprint density at radius 2 is 1.62 bits per heavy atom. The predicted molar refractivity (Wildman–Crippen MR) is 133 cm³/mol. The molecule has 0 saturated carbocycles. The number of hydrogen-bond acceptors (Lipinski definition) is 5. The van der Waals surface area contributed by atoms with Crippen LogP contribution in [0.1, 0.15) is 32.7 Å². The van der Waals surface area contributed by atoms with E-state index in [2.05, 4.69) is 10.3 Å². The zero-order valence-corrected chi connectivity index (χ0v) is 22.0. The van der Waals surface area contributed by atoms with E-state index in [-0.39, 0.29) is 54.3 Å². The van der Waals surface area contributed by atoms with E-state index >= 15 is 0 Å². The lowest BCUT2D eigenvalue weighted by Gasteiger charge is -2.29. The SMILES string of the molecule is CN(Cc1ccccc1Cl)C(=O)c1nnn(Cc2cc(C(F)(F)F)cc(C(F)(F)F)c2)c1N1CCS(=O)CC1. The third kappa shape index (κ3) is 6.72. The molecule has 0 N–H and O–H groups in total. The first kappa shape index (κ1) is 28.9. The average molecular weight is 594 g/mol. The highest BCUT2D eigenvalue weighted by Crippen LogP contribution is 2.37. The zero-order chi connectivity index (χ0) is 28.5. The Labute approximate surface area is 226 Å². The summed E-state index contributed by atoms with van der Waals surface area (Å²) in [5.74, 6) is 0.0584. The Morgan fingerprint density at radius 3 is 2.18 bits per heavy atom. The first-order chi connectivity index (χ1) is 18.2. The van der Waals surface area contributed by atoms with E-state index < -0.39 is 46.7 Å². The molecular weight excluding hydrogens is 572 g/mol. The van der Waals surface area contributed by atoms with Gasteiger partial charge in [0.1, 0.15) is 0 Å². The molecule has 15 heteroatoms. The Balaban J connectivity index is 1.72. The smallest absolute Gasteiger partial charge is 0.353 e. The molecule has 1 aliphatic rings. The van der Waals surface area contributed by atoms with E-state index in [0.29, 0.717) is 22.7 Å². The van der Waals surface area contributed by atoms with Gasteiger partial charge in [0.25, 0.3) is 5.91 Å². The molecular formula is C24H22ClF6N5O2S. The zero-order valence-electron chi connectivity index (χ0n) is 20.4. The van der Waals surface area contributed by atoms with Crippen molar-refractivity contribution in [1.82, 2.24) is 19.9 Å². The maximum Gasteiger partial charge on any atom is 0.416 e. The number of carbonyl (C=O) groups is 1. The standard InChI is InChI=1S/C24H22ClF6N5O2S/c1-34(14-16-4-2-3-5-19(16)25)22(37)20-21(35-6-8-39(38)9-7-35)36(33-32-20)13-15-10-17(23(26,27)28)12-18(11-15)24(29,30)31/h2-5,10-12H,6-9,13-14H2,1H3. The van der Waals surface area contributed by atoms with Crippen LogP contribution in [0.25, 0.3) is 0 Å². The third-order valence-electron chi connectivity index (χ3n) is 6.08. The van der Waals surface area contributed by atoms with Crippen molar-refractivity contribution in [2.24, 2.45) is 0 Å². The van der Waals surface area contributed by atoms with Gasteiger partial charge >= 0.3 is 12.4 Å². The second-order valence-corrected chi connectivity index (χ2v) is 11.0. The number of anilines is 1. The van der Waals surface area contributed by atoms with E-state index in [1.54, 1.807) is 29.2 Å². The lowest BCUT2D eigenvalue weighted by Crippen LogP contribution is -2.40. The number of benzene rings is 2. The Morgan fingerprint density at radius 1 is 1.03 bits per heavy atom. The molecule has 1 fully saturated rings. The molecule has 0 atom stereocenters. The van der Waals surface area contributed by atoms with Crippen LogP contribution in [-0.4, -0.2) is 61.7 Å². The topological polar surface area (TPSA) is 71.3 Å². The van der Waals surface area contributed by atoms with Crippen LogP contribution in [0.5, 0.6) is 0 Å². The second-order valence-electron chi connectivity index (χ2n) is 8.92. The van der Waals surface area contributed by atoms with Crippen molar-refractivity contribution in [3.63, 3.8) is 0 Å². The largest absolute Gasteiger partial charge is 0.416 e. The van der Waals surface area contributed by atoms with Crippen molar-refractivity contribution < 1.29 is 35.3 Å². The molecule has 1 saturated heterocycles. The summed E-state index contributed by atoms with van der Waals surface area (Å²) in [7, 11) is 0.402. The molecule has 4 rings (SSSR count). The van der Waals surface area contributed by atoms with Crippen LogP contribution in [-0.2, 0) is 36.2 Å². The van der Waals surface area contributed by atoms with E-state index in [1.807, 2.05) is 0 Å². The predicted octanol–water partition coefficient (Wildman–Crippen LogP) is 4.86. The number of hydrogen-bond donors (Lipinski definition) is 0. The van der Waals surface area contributed by atoms with Gasteiger partial charge in [0, 0.05) is 54.0 Å². The van der Waals surface area contributed by atoms with Gasteiger partial charge < -0.3 is 9.80 Å². The molecule has 2 aromatic carbocycles. The third-order valence-corrected chi connectivity index (χ3v) is 7.73. The fourth-order valence-electron chi connectivity index (χ4n) is 4.13. The van der Waals surface area contributed by atoms with Gasteiger partial charge in [-0.25, -0.2) is 4.68 Å². The van der Waals surface area contributed by atoms with E-state index in [0.717, 1.165) is 4.68 Å². The number of nitrogens with zero attached hydrogens (tertiary/aromatic N) is 5. The molecule has 210 valence electrons. The van der Waals surface area contributed by atoms with Crippen LogP contribution in [0.15, 0.2) is 42.5 Å². The first-order valence-electron chi connectivity index (χ1n) is 11.5. The summed E-state index contributed by atoms with van der Waals surface area (Å²) in [6.07, 6.45) is -10.0. The second kappa shape index (κ2) is 11.2. The normalized spacial score (nSPS) is 15.0. The molecule has 0 aliphatic carbocycles. The molecule has 0 radical (unpaired) electrons. The highest BCUT2D eigenvalue weighted by atomic mass is 35.5. The number of amides is 1. The Hall–Kier alpha value is -3.13. The summed E-state index contributed by atoms with van der Waals surface area (Å²) in [6, 6.07) is 8.14. The minimum absolute atomic E-state index is 0.0460. The van der Waals surface area contributed by atoms with Crippen molar-refractivity contribution in [3.05, 3.63) is 75.4 Å². The van der Waals surface area contributed by atoms with E-state index in [1.165, 1.54) is 11.9 Å². The number of carbonyl (C=O) groups excluding carboxylic acids is 1. The van der Waals surface area contributed by atoms with Gasteiger partial charge in [0.2, 0.25) is 0 Å². The number of alkyl halides is 6. The molecule has 39 heavy (non-hydrogen) atoms. The first-order valence-corrected chi connectivity index (χ1v) is 13.4. The monoisotopic (exact) mass is 593 g/mol. The number of aromatic nitrogens is 3. The van der Waals surface area contributed by atoms with Crippen molar-refractivity contribution >= 4 is 34.1 Å². The fraction of sp³-hybridized carbons (Fsp3) is 0.375. The molecule has 0 bridgehead atoms. The van der Waals surface area contributed by atoms with Gasteiger partial charge in [0.05, 0.1) is 17.7 Å². The van der Waals surface area contributed by atoms with Crippen molar-refractivity contribution in [2.75, 3.05) is 36.5 Å². The van der Waals surface area contributed by atoms with Crippen molar-refractivity contribution in [3.8, 4) is 0 Å². The van der Waals surface area contributed by atoms with Crippen molar-refractivity contribution in [2.45, 2.75) is 25.4 Å². The van der Waals surface area contributed by atoms with Crippen LogP contribution < -0.4 is 4.90 Å². The molecule has 2 heterocycles. The van der Waals surface area contributed by atoms with Crippen molar-refractivity contribution in [1.29, 1.82) is 0 Å². The summed E-state index contributed by atoms with van der Waals surface area (Å²) < 4.78 is 93.4. The van der Waals surface area contributed by atoms with Crippen LogP contribution >= 0.6 is 11.6 Å². The van der Waals surface area contributed by atoms with Gasteiger partial charge in [-0.15, -0.1) is 5.10 Å². The summed E-state index contributed by atoms with van der Waals surface area (Å²) in [5, 5.41) is 8.33. The Bertz CT molecular complexity index is 1350. The van der Waals surface area contributed by atoms with Gasteiger partial charge in [0.15, 0.2) is 11.5 Å². The minimum Gasteiger partial charge on any atom is -0.353 e. The molecule has 0 unspecified atom stereocenters. The molecule has 3 aromatic rings. The number of halogens is 7. The van der Waals surface area contributed by atoms with Crippen LogP contribution in [0.3, 0.4) is 0 Å².